The lowest BCUT2D eigenvalue weighted by Crippen LogP contribution is -2.21. The van der Waals surface area contributed by atoms with Gasteiger partial charge < -0.3 is 0 Å². The largest absolute Gasteiger partial charge is 0.276 e. The fourth-order valence-corrected chi connectivity index (χ4v) is 0.321. The first kappa shape index (κ1) is 7.78. The third kappa shape index (κ3) is 2.18. The Morgan fingerprint density at radius 2 is 2.25 bits per heavy atom. The van der Waals surface area contributed by atoms with Crippen molar-refractivity contribution in [3.8, 4) is 0 Å². The van der Waals surface area contributed by atoms with Crippen molar-refractivity contribution in [2.45, 2.75) is 6.92 Å². The average Bonchev–Trinajstić information content (AvgIpc) is 1.84. The minimum Gasteiger partial charge on any atom is -0.276 e. The van der Waals surface area contributed by atoms with Crippen LogP contribution in [0.3, 0.4) is 0 Å². The molecule has 3 nitrogen and oxygen atoms in total. The van der Waals surface area contributed by atoms with Gasteiger partial charge in [-0.1, -0.05) is 0 Å². The smallest absolute Gasteiger partial charge is 0.133 e. The highest BCUT2D eigenvalue weighted by molar-refractivity contribution is 7.79. The Morgan fingerprint density at radius 3 is 2.38 bits per heavy atom. The quantitative estimate of drug-likeness (QED) is 0.248. The number of nitrogens with zero attached hydrogens (tertiary/aromatic N) is 2. The highest BCUT2D eigenvalue weighted by Gasteiger charge is 1.93. The van der Waals surface area contributed by atoms with Crippen LogP contribution in [0.25, 0.3) is 0 Å². The van der Waals surface area contributed by atoms with Gasteiger partial charge in [-0.15, -0.1) is 0 Å². The first-order chi connectivity index (χ1) is 3.72. The van der Waals surface area contributed by atoms with Crippen LogP contribution in [0.15, 0.2) is 4.40 Å². The molecule has 0 saturated heterocycles. The molecule has 0 aliphatic carbocycles. The van der Waals surface area contributed by atoms with E-state index in [9.17, 15) is 0 Å². The maximum absolute atomic E-state index is 4.76. The van der Waals surface area contributed by atoms with Gasteiger partial charge in [0, 0.05) is 7.05 Å². The molecule has 0 radical (unpaired) electrons. The van der Waals surface area contributed by atoms with Crippen LogP contribution in [-0.2, 0) is 4.84 Å². The number of hydroxylamine groups is 2. The SMILES string of the molecule is CON(C)/C(C)=N\S. The van der Waals surface area contributed by atoms with Crippen molar-refractivity contribution in [2.24, 2.45) is 4.40 Å². The maximum Gasteiger partial charge on any atom is 0.133 e. The van der Waals surface area contributed by atoms with E-state index in [0.717, 1.165) is 5.84 Å². The lowest BCUT2D eigenvalue weighted by atomic mass is 10.7. The maximum atomic E-state index is 4.76. The van der Waals surface area contributed by atoms with E-state index < -0.39 is 0 Å². The molecule has 0 aliphatic rings. The molecular formula is C4H10N2OS. The molecule has 0 atom stereocenters. The van der Waals surface area contributed by atoms with E-state index in [2.05, 4.69) is 17.2 Å². The molecular weight excluding hydrogens is 124 g/mol. The van der Waals surface area contributed by atoms with Crippen LogP contribution >= 0.6 is 12.8 Å². The molecule has 0 amide bonds. The fourth-order valence-electron chi connectivity index (χ4n) is 0.195. The molecule has 0 rings (SSSR count). The molecule has 4 heteroatoms. The number of amidine groups is 1. The van der Waals surface area contributed by atoms with Crippen LogP contribution in [0.1, 0.15) is 6.92 Å². The second kappa shape index (κ2) is 3.74. The van der Waals surface area contributed by atoms with Crippen molar-refractivity contribution >= 4 is 18.7 Å². The molecule has 0 bridgehead atoms. The first-order valence-electron chi connectivity index (χ1n) is 2.19. The zero-order valence-electron chi connectivity index (χ0n) is 5.25. The zero-order valence-corrected chi connectivity index (χ0v) is 6.14. The number of hydrogen-bond acceptors (Lipinski definition) is 3. The third-order valence-corrected chi connectivity index (χ3v) is 1.16. The molecule has 0 aromatic heterocycles. The Kier molecular flexibility index (Phi) is 3.64. The van der Waals surface area contributed by atoms with E-state index in [4.69, 9.17) is 4.84 Å². The fraction of sp³-hybridized carbons (Fsp3) is 0.750. The van der Waals surface area contributed by atoms with Crippen molar-refractivity contribution in [2.75, 3.05) is 14.2 Å². The standard InChI is InChI=1S/C4H10N2OS/c1-4(5-8)6(2)7-3/h8H,1-3H3/b5-4-. The molecule has 0 saturated carbocycles. The molecule has 0 aliphatic heterocycles. The van der Waals surface area contributed by atoms with E-state index in [0.29, 0.717) is 0 Å². The molecule has 0 aromatic rings. The summed E-state index contributed by atoms with van der Waals surface area (Å²) in [5, 5.41) is 1.52. The molecule has 0 fully saturated rings. The number of rotatable bonds is 1. The second-order valence-corrected chi connectivity index (χ2v) is 1.53. The predicted molar refractivity (Wildman–Crippen MR) is 36.9 cm³/mol. The van der Waals surface area contributed by atoms with Crippen LogP contribution in [-0.4, -0.2) is 25.1 Å². The van der Waals surface area contributed by atoms with Crippen molar-refractivity contribution in [1.29, 1.82) is 0 Å². The molecule has 0 heterocycles. The van der Waals surface area contributed by atoms with Gasteiger partial charge in [0.05, 0.1) is 7.11 Å². The minimum atomic E-state index is 0.732. The third-order valence-electron chi connectivity index (χ3n) is 0.874. The summed E-state index contributed by atoms with van der Waals surface area (Å²) in [6, 6.07) is 0. The van der Waals surface area contributed by atoms with Crippen LogP contribution in [0.4, 0.5) is 0 Å². The predicted octanol–water partition coefficient (Wildman–Crippen LogP) is 0.743. The molecule has 0 N–H and O–H groups in total. The van der Waals surface area contributed by atoms with Gasteiger partial charge in [0.2, 0.25) is 0 Å². The van der Waals surface area contributed by atoms with Crippen LogP contribution in [0, 0.1) is 0 Å². The molecule has 0 aromatic carbocycles. The molecule has 48 valence electrons. The average molecular weight is 134 g/mol. The van der Waals surface area contributed by atoms with Crippen LogP contribution in [0.5, 0.6) is 0 Å². The van der Waals surface area contributed by atoms with Crippen LogP contribution in [0.2, 0.25) is 0 Å². The summed E-state index contributed by atoms with van der Waals surface area (Å²) >= 11 is 3.68. The van der Waals surface area contributed by atoms with Crippen molar-refractivity contribution < 1.29 is 4.84 Å². The summed E-state index contributed by atoms with van der Waals surface area (Å²) in [5.74, 6) is 0.732. The Bertz CT molecular complexity index is 94.0. The van der Waals surface area contributed by atoms with Crippen LogP contribution < -0.4 is 0 Å². The van der Waals surface area contributed by atoms with Crippen molar-refractivity contribution in [3.63, 3.8) is 0 Å². The monoisotopic (exact) mass is 134 g/mol. The minimum absolute atomic E-state index is 0.732. The van der Waals surface area contributed by atoms with E-state index in [1.807, 2.05) is 0 Å². The van der Waals surface area contributed by atoms with Gasteiger partial charge in [-0.05, 0) is 19.7 Å². The lowest BCUT2D eigenvalue weighted by Gasteiger charge is -2.12. The van der Waals surface area contributed by atoms with E-state index >= 15 is 0 Å². The highest BCUT2D eigenvalue weighted by atomic mass is 32.1. The van der Waals surface area contributed by atoms with Gasteiger partial charge >= 0.3 is 0 Å². The number of thiol groups is 1. The van der Waals surface area contributed by atoms with Crippen molar-refractivity contribution in [3.05, 3.63) is 0 Å². The van der Waals surface area contributed by atoms with E-state index in [-0.39, 0.29) is 0 Å². The topological polar surface area (TPSA) is 24.8 Å². The van der Waals surface area contributed by atoms with Gasteiger partial charge in [-0.2, -0.15) is 0 Å². The summed E-state index contributed by atoms with van der Waals surface area (Å²) in [4.78, 5) is 4.76. The van der Waals surface area contributed by atoms with Gasteiger partial charge in [-0.25, -0.2) is 9.46 Å². The van der Waals surface area contributed by atoms with Gasteiger partial charge in [0.25, 0.3) is 0 Å². The summed E-state index contributed by atoms with van der Waals surface area (Å²) in [6.45, 7) is 1.80. The Balaban J connectivity index is 3.63. The lowest BCUT2D eigenvalue weighted by molar-refractivity contribution is -0.0420. The molecule has 8 heavy (non-hydrogen) atoms. The molecule has 0 unspecified atom stereocenters. The van der Waals surface area contributed by atoms with Gasteiger partial charge in [0.1, 0.15) is 5.84 Å². The second-order valence-electron chi connectivity index (χ2n) is 1.33. The summed E-state index contributed by atoms with van der Waals surface area (Å²) in [5.41, 5.74) is 0. The van der Waals surface area contributed by atoms with Crippen molar-refractivity contribution in [1.82, 2.24) is 5.06 Å². The normalized spacial score (nSPS) is 11.8. The van der Waals surface area contributed by atoms with E-state index in [1.54, 1.807) is 21.1 Å². The first-order valence-corrected chi connectivity index (χ1v) is 2.59. The summed E-state index contributed by atoms with van der Waals surface area (Å²) < 4.78 is 3.57. The summed E-state index contributed by atoms with van der Waals surface area (Å²) in [6.07, 6.45) is 0. The summed E-state index contributed by atoms with van der Waals surface area (Å²) in [7, 11) is 3.33. The van der Waals surface area contributed by atoms with Gasteiger partial charge in [0.15, 0.2) is 0 Å². The molecule has 0 spiro atoms. The Labute approximate surface area is 54.8 Å². The number of hydrogen-bond donors (Lipinski definition) is 1. The Morgan fingerprint density at radius 1 is 1.75 bits per heavy atom. The zero-order chi connectivity index (χ0) is 6.57. The highest BCUT2D eigenvalue weighted by Crippen LogP contribution is 1.87. The van der Waals surface area contributed by atoms with Gasteiger partial charge in [-0.3, -0.25) is 4.84 Å². The Hall–Kier alpha value is -0.220. The van der Waals surface area contributed by atoms with E-state index in [1.165, 1.54) is 5.06 Å².